The molecule has 1 aromatic rings. The predicted molar refractivity (Wildman–Crippen MR) is 54.6 cm³/mol. The smallest absolute Gasteiger partial charge is 0.264 e. The van der Waals surface area contributed by atoms with Gasteiger partial charge in [0, 0.05) is 7.05 Å². The van der Waals surface area contributed by atoms with Gasteiger partial charge in [-0.25, -0.2) is 0 Å². The quantitative estimate of drug-likeness (QED) is 0.763. The Morgan fingerprint density at radius 1 is 1.77 bits per heavy atom. The van der Waals surface area contributed by atoms with Gasteiger partial charge in [0.1, 0.15) is 6.54 Å². The van der Waals surface area contributed by atoms with Crippen molar-refractivity contribution in [1.82, 2.24) is 4.90 Å². The summed E-state index contributed by atoms with van der Waals surface area (Å²) in [6.45, 7) is 0.119. The molecule has 13 heavy (non-hydrogen) atoms. The minimum absolute atomic E-state index is 0.114. The Hall–Kier alpha value is -0.860. The molecular weight excluding hydrogens is 252 g/mol. The third kappa shape index (κ3) is 2.54. The highest BCUT2D eigenvalue weighted by Crippen LogP contribution is 2.22. The molecule has 0 aliphatic rings. The molecule has 68 valence electrons. The lowest BCUT2D eigenvalue weighted by Crippen LogP contribution is -2.26. The van der Waals surface area contributed by atoms with Gasteiger partial charge in [-0.05, 0) is 28.1 Å². The first-order valence-corrected chi connectivity index (χ1v) is 5.14. The van der Waals surface area contributed by atoms with Crippen molar-refractivity contribution in [2.75, 3.05) is 13.6 Å². The van der Waals surface area contributed by atoms with Crippen LogP contribution in [0.2, 0.25) is 0 Å². The Morgan fingerprint density at radius 3 is 2.92 bits per heavy atom. The first-order chi connectivity index (χ1) is 6.15. The molecule has 0 aliphatic carbocycles. The second-order valence-electron chi connectivity index (χ2n) is 2.42. The van der Waals surface area contributed by atoms with Crippen molar-refractivity contribution in [3.8, 4) is 6.07 Å². The summed E-state index contributed by atoms with van der Waals surface area (Å²) in [6.07, 6.45) is 0. The summed E-state index contributed by atoms with van der Waals surface area (Å²) in [6, 6.07) is 5.48. The lowest BCUT2D eigenvalue weighted by molar-refractivity contribution is 0.0816. The van der Waals surface area contributed by atoms with Crippen LogP contribution in [0.3, 0.4) is 0 Å². The summed E-state index contributed by atoms with van der Waals surface area (Å²) in [5.74, 6) is -0.114. The molecule has 0 N–H and O–H groups in total. The number of nitrogens with zero attached hydrogens (tertiary/aromatic N) is 2. The predicted octanol–water partition coefficient (Wildman–Crippen LogP) is 2.11. The van der Waals surface area contributed by atoms with E-state index < -0.39 is 0 Å². The molecule has 0 unspecified atom stereocenters. The number of thiophene rings is 1. The van der Waals surface area contributed by atoms with Crippen LogP contribution >= 0.6 is 27.3 Å². The van der Waals surface area contributed by atoms with Gasteiger partial charge in [0.15, 0.2) is 0 Å². The zero-order valence-electron chi connectivity index (χ0n) is 6.95. The van der Waals surface area contributed by atoms with Crippen molar-refractivity contribution in [3.05, 3.63) is 20.8 Å². The van der Waals surface area contributed by atoms with Crippen LogP contribution in [-0.4, -0.2) is 24.4 Å². The fraction of sp³-hybridized carbons (Fsp3) is 0.250. The van der Waals surface area contributed by atoms with Crippen LogP contribution in [0.1, 0.15) is 9.67 Å². The van der Waals surface area contributed by atoms with Crippen molar-refractivity contribution in [3.63, 3.8) is 0 Å². The van der Waals surface area contributed by atoms with E-state index in [9.17, 15) is 4.79 Å². The number of halogens is 1. The molecule has 0 radical (unpaired) electrons. The summed E-state index contributed by atoms with van der Waals surface area (Å²) in [5.41, 5.74) is 0. The summed E-state index contributed by atoms with van der Waals surface area (Å²) < 4.78 is 0.918. The van der Waals surface area contributed by atoms with Gasteiger partial charge < -0.3 is 4.90 Å². The van der Waals surface area contributed by atoms with Gasteiger partial charge in [-0.1, -0.05) is 0 Å². The lowest BCUT2D eigenvalue weighted by atomic mass is 10.4. The van der Waals surface area contributed by atoms with E-state index in [0.29, 0.717) is 4.88 Å². The van der Waals surface area contributed by atoms with Crippen molar-refractivity contribution < 1.29 is 4.79 Å². The Bertz CT molecular complexity index is 355. The van der Waals surface area contributed by atoms with E-state index in [-0.39, 0.29) is 12.5 Å². The molecule has 1 amide bonds. The minimum atomic E-state index is -0.114. The van der Waals surface area contributed by atoms with Crippen LogP contribution < -0.4 is 0 Å². The number of carbonyl (C=O) groups excluding carboxylic acids is 1. The molecule has 0 saturated heterocycles. The third-order valence-electron chi connectivity index (χ3n) is 1.44. The highest BCUT2D eigenvalue weighted by atomic mass is 79.9. The molecule has 1 heterocycles. The van der Waals surface area contributed by atoms with Crippen molar-refractivity contribution in [1.29, 1.82) is 5.26 Å². The molecule has 0 saturated carbocycles. The maximum absolute atomic E-state index is 11.5. The zero-order valence-corrected chi connectivity index (χ0v) is 9.35. The molecule has 1 aromatic heterocycles. The summed E-state index contributed by atoms with van der Waals surface area (Å²) >= 11 is 4.64. The summed E-state index contributed by atoms with van der Waals surface area (Å²) in [5, 5.41) is 8.39. The van der Waals surface area contributed by atoms with Gasteiger partial charge in [-0.2, -0.15) is 5.26 Å². The molecular formula is C8H7BrN2OS. The molecule has 5 heteroatoms. The van der Waals surface area contributed by atoms with Gasteiger partial charge in [-0.15, -0.1) is 11.3 Å². The molecule has 0 fully saturated rings. The number of rotatable bonds is 2. The Balaban J connectivity index is 2.74. The van der Waals surface area contributed by atoms with Crippen molar-refractivity contribution in [2.24, 2.45) is 0 Å². The van der Waals surface area contributed by atoms with Gasteiger partial charge in [0.2, 0.25) is 0 Å². The molecule has 0 atom stereocenters. The van der Waals surface area contributed by atoms with Gasteiger partial charge in [0.25, 0.3) is 5.91 Å². The summed E-state index contributed by atoms with van der Waals surface area (Å²) in [4.78, 5) is 13.5. The highest BCUT2D eigenvalue weighted by molar-refractivity contribution is 9.11. The van der Waals surface area contributed by atoms with E-state index in [0.717, 1.165) is 3.79 Å². The Kier molecular flexibility index (Phi) is 3.46. The average Bonchev–Trinajstić information content (AvgIpc) is 2.51. The average molecular weight is 259 g/mol. The fourth-order valence-corrected chi connectivity index (χ4v) is 2.18. The monoisotopic (exact) mass is 258 g/mol. The standard InChI is InChI=1S/C8H7BrN2OS/c1-11(5-4-10)8(12)6-2-3-7(9)13-6/h2-3H,5H2,1H3. The Morgan fingerprint density at radius 2 is 2.46 bits per heavy atom. The van der Waals surface area contributed by atoms with Crippen LogP contribution in [0.15, 0.2) is 15.9 Å². The van der Waals surface area contributed by atoms with Crippen LogP contribution in [-0.2, 0) is 0 Å². The summed E-state index contributed by atoms with van der Waals surface area (Å²) in [7, 11) is 1.61. The molecule has 0 aromatic carbocycles. The van der Waals surface area contributed by atoms with Crippen LogP contribution in [0.25, 0.3) is 0 Å². The molecule has 1 rings (SSSR count). The number of nitriles is 1. The van der Waals surface area contributed by atoms with E-state index in [4.69, 9.17) is 5.26 Å². The van der Waals surface area contributed by atoms with Crippen LogP contribution in [0.4, 0.5) is 0 Å². The second kappa shape index (κ2) is 4.40. The van der Waals surface area contributed by atoms with Crippen molar-refractivity contribution >= 4 is 33.2 Å². The van der Waals surface area contributed by atoms with Crippen LogP contribution in [0.5, 0.6) is 0 Å². The normalized spacial score (nSPS) is 9.31. The van der Waals surface area contributed by atoms with E-state index in [2.05, 4.69) is 15.9 Å². The first kappa shape index (κ1) is 10.2. The Labute approximate surface area is 88.7 Å². The number of carbonyl (C=O) groups is 1. The van der Waals surface area contributed by atoms with E-state index in [1.165, 1.54) is 16.2 Å². The van der Waals surface area contributed by atoms with E-state index in [1.54, 1.807) is 13.1 Å². The molecule has 3 nitrogen and oxygen atoms in total. The fourth-order valence-electron chi connectivity index (χ4n) is 0.795. The SMILES string of the molecule is CN(CC#N)C(=O)c1ccc(Br)s1. The number of hydrogen-bond acceptors (Lipinski definition) is 3. The van der Waals surface area contributed by atoms with Gasteiger partial charge >= 0.3 is 0 Å². The van der Waals surface area contributed by atoms with E-state index in [1.807, 2.05) is 12.1 Å². The highest BCUT2D eigenvalue weighted by Gasteiger charge is 2.12. The first-order valence-electron chi connectivity index (χ1n) is 3.53. The third-order valence-corrected chi connectivity index (χ3v) is 3.05. The zero-order chi connectivity index (χ0) is 9.84. The molecule has 0 bridgehead atoms. The largest absolute Gasteiger partial charge is 0.328 e. The second-order valence-corrected chi connectivity index (χ2v) is 4.89. The topological polar surface area (TPSA) is 44.1 Å². The maximum Gasteiger partial charge on any atom is 0.264 e. The minimum Gasteiger partial charge on any atom is -0.328 e. The lowest BCUT2D eigenvalue weighted by Gasteiger charge is -2.10. The van der Waals surface area contributed by atoms with Gasteiger partial charge in [0.05, 0.1) is 14.7 Å². The molecule has 0 spiro atoms. The maximum atomic E-state index is 11.5. The van der Waals surface area contributed by atoms with Gasteiger partial charge in [-0.3, -0.25) is 4.79 Å². The van der Waals surface area contributed by atoms with Crippen LogP contribution in [0, 0.1) is 11.3 Å². The number of hydrogen-bond donors (Lipinski definition) is 0. The molecule has 0 aliphatic heterocycles. The number of amides is 1. The van der Waals surface area contributed by atoms with E-state index >= 15 is 0 Å². The van der Waals surface area contributed by atoms with Crippen molar-refractivity contribution in [2.45, 2.75) is 0 Å².